The molecule has 0 spiro atoms. The largest absolute Gasteiger partial charge is 0.416 e. The molecule has 2 bridgehead atoms. The Hall–Kier alpha value is -2.94. The Morgan fingerprint density at radius 2 is 1.79 bits per heavy atom. The lowest BCUT2D eigenvalue weighted by Gasteiger charge is -2.37. The average molecular weight is 458 g/mol. The van der Waals surface area contributed by atoms with E-state index in [4.69, 9.17) is 9.72 Å². The molecule has 1 N–H and O–H groups in total. The van der Waals surface area contributed by atoms with Crippen molar-refractivity contribution in [3.63, 3.8) is 0 Å². The molecule has 6 nitrogen and oxygen atoms in total. The lowest BCUT2D eigenvalue weighted by atomic mass is 10.0. The van der Waals surface area contributed by atoms with E-state index in [-0.39, 0.29) is 0 Å². The lowest BCUT2D eigenvalue weighted by Crippen LogP contribution is -2.46. The molecule has 2 aromatic heterocycles. The summed E-state index contributed by atoms with van der Waals surface area (Å²) < 4.78 is 45.3. The van der Waals surface area contributed by atoms with Crippen LogP contribution in [-0.4, -0.2) is 40.5 Å². The molecule has 2 aliphatic heterocycles. The van der Waals surface area contributed by atoms with E-state index < -0.39 is 17.8 Å². The third-order valence-corrected chi connectivity index (χ3v) is 6.67. The number of halogens is 3. The number of anilines is 2. The van der Waals surface area contributed by atoms with Gasteiger partial charge in [-0.2, -0.15) is 18.3 Å². The molecule has 2 saturated heterocycles. The number of benzene rings is 1. The number of nitrogens with one attached hydrogen (secondary N) is 1. The van der Waals surface area contributed by atoms with Crippen LogP contribution in [-0.2, 0) is 10.9 Å². The first-order chi connectivity index (χ1) is 15.7. The fourth-order valence-electron chi connectivity index (χ4n) is 4.94. The van der Waals surface area contributed by atoms with Gasteiger partial charge in [-0.3, -0.25) is 0 Å². The predicted molar refractivity (Wildman–Crippen MR) is 120 cm³/mol. The number of hydrogen-bond acceptors (Lipinski definition) is 6. The second kappa shape index (κ2) is 8.13. The summed E-state index contributed by atoms with van der Waals surface area (Å²) >= 11 is 0. The van der Waals surface area contributed by atoms with Crippen molar-refractivity contribution in [2.45, 2.75) is 57.9 Å². The summed E-state index contributed by atoms with van der Waals surface area (Å²) in [7, 11) is 0. The van der Waals surface area contributed by atoms with Crippen LogP contribution in [0.25, 0.3) is 10.9 Å². The van der Waals surface area contributed by atoms with Crippen molar-refractivity contribution >= 4 is 22.4 Å². The molecule has 9 heteroatoms. The van der Waals surface area contributed by atoms with E-state index in [1.54, 1.807) is 6.07 Å². The Labute approximate surface area is 190 Å². The first-order valence-corrected chi connectivity index (χ1v) is 11.2. The van der Waals surface area contributed by atoms with Crippen molar-refractivity contribution in [3.05, 3.63) is 52.8 Å². The fraction of sp³-hybridized carbons (Fsp3) is 0.458. The van der Waals surface area contributed by atoms with Gasteiger partial charge in [-0.05, 0) is 57.4 Å². The van der Waals surface area contributed by atoms with Crippen LogP contribution in [0.4, 0.5) is 24.7 Å². The van der Waals surface area contributed by atoms with Crippen LogP contribution in [0, 0.1) is 13.8 Å². The molecule has 0 saturated carbocycles. The number of aromatic nitrogens is 3. The first kappa shape index (κ1) is 21.9. The van der Waals surface area contributed by atoms with Gasteiger partial charge in [-0.1, -0.05) is 12.1 Å². The number of rotatable bonds is 4. The van der Waals surface area contributed by atoms with Gasteiger partial charge in [-0.15, -0.1) is 5.10 Å². The summed E-state index contributed by atoms with van der Waals surface area (Å²) in [4.78, 5) is 7.28. The van der Waals surface area contributed by atoms with Gasteiger partial charge in [0.25, 0.3) is 0 Å². The molecule has 33 heavy (non-hydrogen) atoms. The zero-order valence-corrected chi connectivity index (χ0v) is 18.8. The SMILES string of the molecule is Cc1nc2c(C)nnc(N[C@H](C)c3cccc(C(F)(F)F)c3)c2cc1N1C2CCC1COC2. The highest BCUT2D eigenvalue weighted by atomic mass is 19.4. The van der Waals surface area contributed by atoms with Crippen molar-refractivity contribution in [2.24, 2.45) is 0 Å². The molecule has 4 heterocycles. The second-order valence-corrected chi connectivity index (χ2v) is 8.94. The van der Waals surface area contributed by atoms with E-state index in [0.29, 0.717) is 42.4 Å². The molecule has 2 unspecified atom stereocenters. The van der Waals surface area contributed by atoms with Crippen LogP contribution in [0.5, 0.6) is 0 Å². The molecular weight excluding hydrogens is 431 g/mol. The van der Waals surface area contributed by atoms with E-state index in [9.17, 15) is 13.2 Å². The van der Waals surface area contributed by atoms with Crippen LogP contribution < -0.4 is 10.2 Å². The minimum absolute atomic E-state index is 0.332. The van der Waals surface area contributed by atoms with Gasteiger partial charge in [0.1, 0.15) is 0 Å². The lowest BCUT2D eigenvalue weighted by molar-refractivity contribution is -0.137. The third-order valence-electron chi connectivity index (χ3n) is 6.67. The summed E-state index contributed by atoms with van der Waals surface area (Å²) in [5, 5.41) is 12.7. The van der Waals surface area contributed by atoms with E-state index in [2.05, 4.69) is 26.5 Å². The molecule has 2 aliphatic rings. The van der Waals surface area contributed by atoms with Gasteiger partial charge >= 0.3 is 6.18 Å². The molecular formula is C24H26F3N5O. The highest BCUT2D eigenvalue weighted by Crippen LogP contribution is 2.38. The minimum atomic E-state index is -4.39. The predicted octanol–water partition coefficient (Wildman–Crippen LogP) is 5.20. The van der Waals surface area contributed by atoms with Crippen molar-refractivity contribution in [3.8, 4) is 0 Å². The molecule has 0 amide bonds. The zero-order valence-electron chi connectivity index (χ0n) is 18.8. The average Bonchev–Trinajstić information content (AvgIpc) is 3.02. The van der Waals surface area contributed by atoms with Crippen LogP contribution in [0.15, 0.2) is 30.3 Å². The molecule has 0 radical (unpaired) electrons. The van der Waals surface area contributed by atoms with Gasteiger partial charge < -0.3 is 15.0 Å². The Kier molecular flexibility index (Phi) is 5.39. The summed E-state index contributed by atoms with van der Waals surface area (Å²) in [6.07, 6.45) is -2.21. The van der Waals surface area contributed by atoms with Crippen LogP contribution >= 0.6 is 0 Å². The molecule has 5 rings (SSSR count). The number of ether oxygens (including phenoxy) is 1. The van der Waals surface area contributed by atoms with Crippen molar-refractivity contribution in [1.29, 1.82) is 0 Å². The minimum Gasteiger partial charge on any atom is -0.377 e. The molecule has 3 aromatic rings. The van der Waals surface area contributed by atoms with E-state index in [0.717, 1.165) is 41.2 Å². The number of pyridine rings is 1. The van der Waals surface area contributed by atoms with Crippen LogP contribution in [0.1, 0.15) is 48.3 Å². The van der Waals surface area contributed by atoms with Gasteiger partial charge in [0.15, 0.2) is 5.82 Å². The maximum absolute atomic E-state index is 13.2. The van der Waals surface area contributed by atoms with E-state index in [1.165, 1.54) is 12.1 Å². The van der Waals surface area contributed by atoms with Crippen molar-refractivity contribution < 1.29 is 17.9 Å². The van der Waals surface area contributed by atoms with Crippen molar-refractivity contribution in [2.75, 3.05) is 23.4 Å². The van der Waals surface area contributed by atoms with Gasteiger partial charge in [-0.25, -0.2) is 4.98 Å². The Bertz CT molecular complexity index is 1180. The first-order valence-electron chi connectivity index (χ1n) is 11.2. The third kappa shape index (κ3) is 3.99. The number of hydrogen-bond donors (Lipinski definition) is 1. The monoisotopic (exact) mass is 457 g/mol. The normalized spacial score (nSPS) is 21.5. The van der Waals surface area contributed by atoms with E-state index in [1.807, 2.05) is 20.8 Å². The van der Waals surface area contributed by atoms with Gasteiger partial charge in [0.05, 0.1) is 59.5 Å². The quantitative estimate of drug-likeness (QED) is 0.581. The number of fused-ring (bicyclic) bond motifs is 3. The standard InChI is InChI=1S/C24H26F3N5O/c1-13(16-5-4-6-17(9-16)24(25,26)27)29-23-20-10-21(14(2)28-22(20)15(3)30-31-23)32-18-7-8-19(32)12-33-11-18/h4-6,9-10,13,18-19H,7-8,11-12H2,1-3H3,(H,29,31)/t13-,18?,19?/m1/s1. The van der Waals surface area contributed by atoms with Crippen LogP contribution in [0.3, 0.4) is 0 Å². The number of nitrogens with zero attached hydrogens (tertiary/aromatic N) is 4. The fourth-order valence-corrected chi connectivity index (χ4v) is 4.94. The van der Waals surface area contributed by atoms with Crippen LogP contribution in [0.2, 0.25) is 0 Å². The Morgan fingerprint density at radius 3 is 2.48 bits per heavy atom. The Balaban J connectivity index is 1.53. The molecule has 1 aromatic carbocycles. The molecule has 0 aliphatic carbocycles. The molecule has 3 atom stereocenters. The maximum atomic E-state index is 13.2. The smallest absolute Gasteiger partial charge is 0.377 e. The van der Waals surface area contributed by atoms with Crippen molar-refractivity contribution in [1.82, 2.24) is 15.2 Å². The zero-order chi connectivity index (χ0) is 23.3. The highest BCUT2D eigenvalue weighted by molar-refractivity contribution is 5.93. The van der Waals surface area contributed by atoms with Gasteiger partial charge in [0.2, 0.25) is 0 Å². The summed E-state index contributed by atoms with van der Waals surface area (Å²) in [6.45, 7) is 7.09. The summed E-state index contributed by atoms with van der Waals surface area (Å²) in [5.74, 6) is 0.509. The Morgan fingerprint density at radius 1 is 1.06 bits per heavy atom. The number of aryl methyl sites for hydroxylation is 2. The maximum Gasteiger partial charge on any atom is 0.416 e. The molecule has 174 valence electrons. The molecule has 2 fully saturated rings. The summed E-state index contributed by atoms with van der Waals surface area (Å²) in [5.41, 5.74) is 3.28. The van der Waals surface area contributed by atoms with E-state index >= 15 is 0 Å². The van der Waals surface area contributed by atoms with Gasteiger partial charge in [0, 0.05) is 5.39 Å². The summed E-state index contributed by atoms with van der Waals surface area (Å²) in [6, 6.07) is 7.70. The topological polar surface area (TPSA) is 63.2 Å². The highest BCUT2D eigenvalue weighted by Gasteiger charge is 2.38. The second-order valence-electron chi connectivity index (χ2n) is 8.94. The number of alkyl halides is 3. The number of morpholine rings is 1.